The Balaban J connectivity index is 1.67. The highest BCUT2D eigenvalue weighted by atomic mass is 19.1. The average Bonchev–Trinajstić information content (AvgIpc) is 3.33. The molecule has 1 fully saturated rings. The summed E-state index contributed by atoms with van der Waals surface area (Å²) in [5.41, 5.74) is 4.76. The van der Waals surface area contributed by atoms with E-state index < -0.39 is 0 Å². The fourth-order valence-corrected chi connectivity index (χ4v) is 5.60. The van der Waals surface area contributed by atoms with Crippen molar-refractivity contribution in [2.24, 2.45) is 0 Å². The first-order valence-corrected chi connectivity index (χ1v) is 14.0. The van der Waals surface area contributed by atoms with Crippen LogP contribution in [0, 0.1) is 5.82 Å². The first-order valence-electron chi connectivity index (χ1n) is 14.0. The molecule has 40 heavy (non-hydrogen) atoms. The molecule has 6 nitrogen and oxygen atoms in total. The number of halogens is 1. The van der Waals surface area contributed by atoms with E-state index in [1.165, 1.54) is 12.1 Å². The Morgan fingerprint density at radius 2 is 1.73 bits per heavy atom. The number of carbonyl (C=O) groups is 2. The van der Waals surface area contributed by atoms with Crippen LogP contribution in [0.5, 0.6) is 0 Å². The van der Waals surface area contributed by atoms with E-state index in [9.17, 15) is 14.0 Å². The number of hydrogen-bond acceptors (Lipinski definition) is 3. The third-order valence-corrected chi connectivity index (χ3v) is 7.47. The summed E-state index contributed by atoms with van der Waals surface area (Å²) < 4.78 is 21.6. The van der Waals surface area contributed by atoms with Gasteiger partial charge in [0.2, 0.25) is 5.91 Å². The zero-order valence-electron chi connectivity index (χ0n) is 23.1. The van der Waals surface area contributed by atoms with Crippen molar-refractivity contribution >= 4 is 11.8 Å². The summed E-state index contributed by atoms with van der Waals surface area (Å²) in [7, 11) is 0. The molecule has 1 aliphatic heterocycles. The third kappa shape index (κ3) is 5.94. The van der Waals surface area contributed by atoms with E-state index >= 15 is 0 Å². The molecule has 0 radical (unpaired) electrons. The third-order valence-electron chi connectivity index (χ3n) is 7.47. The lowest BCUT2D eigenvalue weighted by Crippen LogP contribution is -2.41. The Hall–Kier alpha value is -3.97. The predicted octanol–water partition coefficient (Wildman–Crippen LogP) is 5.95. The average molecular weight is 542 g/mol. The molecule has 2 heterocycles. The van der Waals surface area contributed by atoms with Crippen molar-refractivity contribution in [3.05, 3.63) is 96.0 Å². The number of nitrogens with zero attached hydrogens (tertiary/aromatic N) is 2. The number of benzene rings is 2. The van der Waals surface area contributed by atoms with E-state index in [2.05, 4.69) is 23.7 Å². The smallest absolute Gasteiger partial charge is 0.254 e. The minimum atomic E-state index is -0.329. The highest BCUT2D eigenvalue weighted by Crippen LogP contribution is 2.42. The lowest BCUT2D eigenvalue weighted by molar-refractivity contribution is -0.135. The van der Waals surface area contributed by atoms with Crippen LogP contribution in [-0.2, 0) is 16.1 Å². The Morgan fingerprint density at radius 3 is 2.38 bits per heavy atom. The van der Waals surface area contributed by atoms with Crippen LogP contribution < -0.4 is 5.32 Å². The van der Waals surface area contributed by atoms with Gasteiger partial charge in [-0.05, 0) is 47.7 Å². The molecule has 0 bridgehead atoms. The second-order valence-corrected chi connectivity index (χ2v) is 10.5. The van der Waals surface area contributed by atoms with Crippen molar-refractivity contribution in [3.63, 3.8) is 0 Å². The number of allylic oxidation sites excluding steroid dienone is 2. The summed E-state index contributed by atoms with van der Waals surface area (Å²) in [5, 5.41) is 3.22. The monoisotopic (exact) mass is 541 g/mol. The van der Waals surface area contributed by atoms with Crippen LogP contribution in [0.25, 0.3) is 22.4 Å². The minimum Gasteiger partial charge on any atom is -0.378 e. The van der Waals surface area contributed by atoms with Crippen LogP contribution in [-0.4, -0.2) is 53.6 Å². The van der Waals surface area contributed by atoms with Gasteiger partial charge in [0.1, 0.15) is 5.82 Å². The molecule has 2 aromatic carbocycles. The van der Waals surface area contributed by atoms with Crippen LogP contribution in [0.1, 0.15) is 48.7 Å². The number of carbonyl (C=O) groups excluding carboxylic acids is 2. The second kappa shape index (κ2) is 12.5. The molecule has 1 unspecified atom stereocenters. The fraction of sp³-hybridized carbons (Fsp3) is 0.333. The van der Waals surface area contributed by atoms with E-state index in [4.69, 9.17) is 4.74 Å². The van der Waals surface area contributed by atoms with Crippen LogP contribution in [0.3, 0.4) is 0 Å². The maximum Gasteiger partial charge on any atom is 0.254 e. The molecule has 1 saturated heterocycles. The molecule has 3 aromatic rings. The molecule has 7 heteroatoms. The SMILES string of the molecule is CC(C)c1c(C(=O)NC2C=CC=CC2)c(-c2ccccc2)c(-c2ccc(F)cc2)n1CCC(=O)N1CCOCC1. The summed E-state index contributed by atoms with van der Waals surface area (Å²) in [6.45, 7) is 6.78. The topological polar surface area (TPSA) is 63.6 Å². The Bertz CT molecular complexity index is 1400. The van der Waals surface area contributed by atoms with E-state index in [0.717, 1.165) is 34.5 Å². The minimum absolute atomic E-state index is 0.0160. The quantitative estimate of drug-likeness (QED) is 0.384. The number of rotatable bonds is 8. The molecular weight excluding hydrogens is 505 g/mol. The zero-order chi connectivity index (χ0) is 28.1. The van der Waals surface area contributed by atoms with Gasteiger partial charge in [0.25, 0.3) is 5.91 Å². The van der Waals surface area contributed by atoms with Gasteiger partial charge in [0, 0.05) is 37.3 Å². The van der Waals surface area contributed by atoms with Crippen molar-refractivity contribution in [1.29, 1.82) is 0 Å². The molecule has 1 aliphatic carbocycles. The Labute approximate surface area is 235 Å². The van der Waals surface area contributed by atoms with Gasteiger partial charge < -0.3 is 19.5 Å². The van der Waals surface area contributed by atoms with E-state index in [-0.39, 0.29) is 36.0 Å². The molecular formula is C33H36FN3O3. The van der Waals surface area contributed by atoms with Gasteiger partial charge in [-0.3, -0.25) is 9.59 Å². The van der Waals surface area contributed by atoms with Gasteiger partial charge in [0.15, 0.2) is 0 Å². The van der Waals surface area contributed by atoms with Crippen LogP contribution in [0.4, 0.5) is 4.39 Å². The molecule has 1 aromatic heterocycles. The number of morpholine rings is 1. The maximum atomic E-state index is 14.1. The Morgan fingerprint density at radius 1 is 1.00 bits per heavy atom. The van der Waals surface area contributed by atoms with Crippen molar-refractivity contribution in [3.8, 4) is 22.4 Å². The number of aromatic nitrogens is 1. The Kier molecular flexibility index (Phi) is 8.60. The van der Waals surface area contributed by atoms with E-state index in [0.29, 0.717) is 38.4 Å². The molecule has 0 saturated carbocycles. The maximum absolute atomic E-state index is 14.1. The zero-order valence-corrected chi connectivity index (χ0v) is 23.1. The van der Waals surface area contributed by atoms with Crippen LogP contribution in [0.15, 0.2) is 78.9 Å². The first-order chi connectivity index (χ1) is 19.4. The predicted molar refractivity (Wildman–Crippen MR) is 156 cm³/mol. The van der Waals surface area contributed by atoms with Crippen molar-refractivity contribution < 1.29 is 18.7 Å². The summed E-state index contributed by atoms with van der Waals surface area (Å²) in [6.07, 6.45) is 8.97. The summed E-state index contributed by atoms with van der Waals surface area (Å²) >= 11 is 0. The van der Waals surface area contributed by atoms with Gasteiger partial charge in [-0.15, -0.1) is 0 Å². The largest absolute Gasteiger partial charge is 0.378 e. The van der Waals surface area contributed by atoms with Gasteiger partial charge in [-0.2, -0.15) is 0 Å². The van der Waals surface area contributed by atoms with E-state index in [1.807, 2.05) is 59.5 Å². The highest BCUT2D eigenvalue weighted by molar-refractivity contribution is 6.06. The van der Waals surface area contributed by atoms with Crippen molar-refractivity contribution in [2.45, 2.75) is 45.2 Å². The summed E-state index contributed by atoms with van der Waals surface area (Å²) in [4.78, 5) is 29.2. The number of amides is 2. The van der Waals surface area contributed by atoms with Crippen molar-refractivity contribution in [1.82, 2.24) is 14.8 Å². The molecule has 1 N–H and O–H groups in total. The summed E-state index contributed by atoms with van der Waals surface area (Å²) in [5.74, 6) is -0.445. The normalized spacial score (nSPS) is 16.9. The van der Waals surface area contributed by atoms with Gasteiger partial charge in [-0.1, -0.05) is 68.5 Å². The van der Waals surface area contributed by atoms with Gasteiger partial charge in [-0.25, -0.2) is 4.39 Å². The molecule has 5 rings (SSSR count). The standard InChI is InChI=1S/C33H36FN3O3/c1-23(2)31-30(33(39)35-27-11-7-4-8-12-27)29(24-9-5-3-6-10-24)32(25-13-15-26(34)16-14-25)37(31)18-17-28(38)36-19-21-40-22-20-36/h3-11,13-16,23,27H,12,17-22H2,1-2H3,(H,35,39). The second-order valence-electron chi connectivity index (χ2n) is 10.5. The molecule has 0 spiro atoms. The van der Waals surface area contributed by atoms with Crippen molar-refractivity contribution in [2.75, 3.05) is 26.3 Å². The number of ether oxygens (including phenoxy) is 1. The summed E-state index contributed by atoms with van der Waals surface area (Å²) in [6, 6.07) is 16.1. The molecule has 208 valence electrons. The highest BCUT2D eigenvalue weighted by Gasteiger charge is 2.31. The van der Waals surface area contributed by atoms with Crippen LogP contribution in [0.2, 0.25) is 0 Å². The fourth-order valence-electron chi connectivity index (χ4n) is 5.60. The lowest BCUT2D eigenvalue weighted by Gasteiger charge is -2.27. The molecule has 2 amide bonds. The number of nitrogens with one attached hydrogen (secondary N) is 1. The molecule has 2 aliphatic rings. The number of hydrogen-bond donors (Lipinski definition) is 1. The van der Waals surface area contributed by atoms with Gasteiger partial charge >= 0.3 is 0 Å². The van der Waals surface area contributed by atoms with Gasteiger partial charge in [0.05, 0.1) is 30.5 Å². The molecule has 1 atom stereocenters. The lowest BCUT2D eigenvalue weighted by atomic mass is 9.94. The van der Waals surface area contributed by atoms with E-state index in [1.54, 1.807) is 12.1 Å². The first kappa shape index (κ1) is 27.6. The van der Waals surface area contributed by atoms with Crippen LogP contribution >= 0.6 is 0 Å².